The summed E-state index contributed by atoms with van der Waals surface area (Å²) in [7, 11) is 0. The van der Waals surface area contributed by atoms with Crippen LogP contribution in [-0.2, 0) is 11.4 Å². The molecule has 4 heteroatoms. The van der Waals surface area contributed by atoms with Gasteiger partial charge in [-0.1, -0.05) is 74.4 Å². The lowest BCUT2D eigenvalue weighted by Gasteiger charge is -2.09. The molecule has 0 saturated heterocycles. The molecule has 1 amide bonds. The molecule has 4 nitrogen and oxygen atoms in total. The van der Waals surface area contributed by atoms with E-state index in [0.29, 0.717) is 13.0 Å². The van der Waals surface area contributed by atoms with Crippen molar-refractivity contribution in [3.8, 4) is 5.75 Å². The number of nitrogens with one attached hydrogen (secondary N) is 1. The van der Waals surface area contributed by atoms with Gasteiger partial charge < -0.3 is 4.74 Å². The third-order valence-corrected chi connectivity index (χ3v) is 4.54. The van der Waals surface area contributed by atoms with E-state index in [0.717, 1.165) is 36.1 Å². The van der Waals surface area contributed by atoms with E-state index in [1.54, 1.807) is 6.21 Å². The average Bonchev–Trinajstić information content (AvgIpc) is 2.73. The molecule has 0 unspecified atom stereocenters. The zero-order valence-electron chi connectivity index (χ0n) is 16.2. The smallest absolute Gasteiger partial charge is 0.240 e. The summed E-state index contributed by atoms with van der Waals surface area (Å²) < 4.78 is 5.98. The topological polar surface area (TPSA) is 50.7 Å². The van der Waals surface area contributed by atoms with Crippen molar-refractivity contribution in [3.05, 3.63) is 77.9 Å². The Morgan fingerprint density at radius 2 is 1.86 bits per heavy atom. The predicted octanol–water partition coefficient (Wildman–Crippen LogP) is 5.45. The van der Waals surface area contributed by atoms with E-state index in [-0.39, 0.29) is 5.91 Å². The van der Waals surface area contributed by atoms with Crippen LogP contribution < -0.4 is 10.2 Å². The van der Waals surface area contributed by atoms with E-state index in [1.807, 2.05) is 42.5 Å². The first-order chi connectivity index (χ1) is 13.8. The second kappa shape index (κ2) is 10.3. The van der Waals surface area contributed by atoms with Gasteiger partial charge in [-0.25, -0.2) is 5.43 Å². The van der Waals surface area contributed by atoms with Gasteiger partial charge in [0.25, 0.3) is 0 Å². The quantitative estimate of drug-likeness (QED) is 0.308. The van der Waals surface area contributed by atoms with Crippen LogP contribution in [0.25, 0.3) is 10.8 Å². The fourth-order valence-electron chi connectivity index (χ4n) is 3.03. The summed E-state index contributed by atoms with van der Waals surface area (Å²) in [6, 6.07) is 22.2. The fraction of sp³-hybridized carbons (Fsp3) is 0.250. The summed E-state index contributed by atoms with van der Waals surface area (Å²) in [6.07, 6.45) is 5.21. The first kappa shape index (κ1) is 19.6. The van der Waals surface area contributed by atoms with Gasteiger partial charge in [0, 0.05) is 6.42 Å². The van der Waals surface area contributed by atoms with Crippen molar-refractivity contribution in [1.29, 1.82) is 0 Å². The number of benzene rings is 3. The standard InChI is InChI=1S/C24H26N2O2/c1-2-3-4-15-24(27)26-25-17-19-9-7-13-22(16-19)28-18-21-12-8-11-20-10-5-6-14-23(20)21/h5-14,16-17H,2-4,15,18H2,1H3,(H,26,27)/b25-17+. The summed E-state index contributed by atoms with van der Waals surface area (Å²) in [6.45, 7) is 2.61. The van der Waals surface area contributed by atoms with E-state index in [2.05, 4.69) is 41.7 Å². The Morgan fingerprint density at radius 3 is 2.75 bits per heavy atom. The van der Waals surface area contributed by atoms with Gasteiger partial charge in [-0.05, 0) is 40.5 Å². The van der Waals surface area contributed by atoms with Crippen LogP contribution in [0.15, 0.2) is 71.8 Å². The number of amides is 1. The molecular weight excluding hydrogens is 348 g/mol. The molecule has 3 aromatic carbocycles. The third kappa shape index (κ3) is 5.68. The van der Waals surface area contributed by atoms with E-state index in [1.165, 1.54) is 10.8 Å². The van der Waals surface area contributed by atoms with Crippen molar-refractivity contribution in [2.24, 2.45) is 5.10 Å². The highest BCUT2D eigenvalue weighted by Crippen LogP contribution is 2.21. The molecule has 144 valence electrons. The number of hydrogen-bond donors (Lipinski definition) is 1. The van der Waals surface area contributed by atoms with Crippen molar-refractivity contribution in [2.75, 3.05) is 0 Å². The Morgan fingerprint density at radius 1 is 1.04 bits per heavy atom. The molecule has 0 aliphatic rings. The predicted molar refractivity (Wildman–Crippen MR) is 115 cm³/mol. The van der Waals surface area contributed by atoms with Gasteiger partial charge in [-0.15, -0.1) is 0 Å². The molecule has 0 fully saturated rings. The minimum absolute atomic E-state index is 0.0481. The van der Waals surface area contributed by atoms with Gasteiger partial charge in [0.05, 0.1) is 6.21 Å². The van der Waals surface area contributed by atoms with Crippen molar-refractivity contribution in [2.45, 2.75) is 39.2 Å². The lowest BCUT2D eigenvalue weighted by atomic mass is 10.1. The zero-order chi connectivity index (χ0) is 19.6. The van der Waals surface area contributed by atoms with Gasteiger partial charge in [0.1, 0.15) is 12.4 Å². The average molecular weight is 374 g/mol. The van der Waals surface area contributed by atoms with Crippen LogP contribution in [0, 0.1) is 0 Å². The normalized spacial score (nSPS) is 11.0. The van der Waals surface area contributed by atoms with Gasteiger partial charge in [0.2, 0.25) is 5.91 Å². The van der Waals surface area contributed by atoms with Crippen LogP contribution in [0.5, 0.6) is 5.75 Å². The van der Waals surface area contributed by atoms with Crippen molar-refractivity contribution in [1.82, 2.24) is 5.43 Å². The molecule has 1 N–H and O–H groups in total. The Hall–Kier alpha value is -3.14. The number of carbonyl (C=O) groups is 1. The summed E-state index contributed by atoms with van der Waals surface area (Å²) in [4.78, 5) is 11.7. The largest absolute Gasteiger partial charge is 0.489 e. The lowest BCUT2D eigenvalue weighted by molar-refractivity contribution is -0.121. The van der Waals surface area contributed by atoms with E-state index in [9.17, 15) is 4.79 Å². The van der Waals surface area contributed by atoms with Crippen molar-refractivity contribution >= 4 is 22.9 Å². The van der Waals surface area contributed by atoms with Crippen LogP contribution in [-0.4, -0.2) is 12.1 Å². The van der Waals surface area contributed by atoms with Gasteiger partial charge >= 0.3 is 0 Å². The molecule has 0 spiro atoms. The molecular formula is C24H26N2O2. The maximum atomic E-state index is 11.7. The molecule has 0 aliphatic heterocycles. The molecule has 0 bridgehead atoms. The number of ether oxygens (including phenoxy) is 1. The molecule has 0 aliphatic carbocycles. The molecule has 3 aromatic rings. The zero-order valence-corrected chi connectivity index (χ0v) is 16.2. The molecule has 0 aromatic heterocycles. The fourth-order valence-corrected chi connectivity index (χ4v) is 3.03. The Bertz CT molecular complexity index is 945. The molecule has 28 heavy (non-hydrogen) atoms. The van der Waals surface area contributed by atoms with Gasteiger partial charge in [-0.3, -0.25) is 4.79 Å². The van der Waals surface area contributed by atoms with Crippen LogP contribution in [0.4, 0.5) is 0 Å². The number of hydrazone groups is 1. The van der Waals surface area contributed by atoms with E-state index >= 15 is 0 Å². The van der Waals surface area contributed by atoms with Crippen molar-refractivity contribution < 1.29 is 9.53 Å². The maximum Gasteiger partial charge on any atom is 0.240 e. The third-order valence-electron chi connectivity index (χ3n) is 4.54. The molecule has 0 heterocycles. The monoisotopic (exact) mass is 374 g/mol. The number of fused-ring (bicyclic) bond motifs is 1. The van der Waals surface area contributed by atoms with Crippen molar-refractivity contribution in [3.63, 3.8) is 0 Å². The SMILES string of the molecule is CCCCCC(=O)N/N=C/c1cccc(OCc2cccc3ccccc23)c1. The Balaban J connectivity index is 1.57. The minimum Gasteiger partial charge on any atom is -0.489 e. The van der Waals surface area contributed by atoms with E-state index < -0.39 is 0 Å². The Labute approximate surface area is 166 Å². The summed E-state index contributed by atoms with van der Waals surface area (Å²) >= 11 is 0. The lowest BCUT2D eigenvalue weighted by Crippen LogP contribution is -2.16. The molecule has 3 rings (SSSR count). The van der Waals surface area contributed by atoms with Crippen LogP contribution in [0.3, 0.4) is 0 Å². The second-order valence-electron chi connectivity index (χ2n) is 6.75. The Kier molecular flexibility index (Phi) is 7.19. The summed E-state index contributed by atoms with van der Waals surface area (Å²) in [5, 5.41) is 6.45. The summed E-state index contributed by atoms with van der Waals surface area (Å²) in [5.41, 5.74) is 4.61. The highest BCUT2D eigenvalue weighted by molar-refractivity contribution is 5.85. The molecule has 0 radical (unpaired) electrons. The van der Waals surface area contributed by atoms with Gasteiger partial charge in [0.15, 0.2) is 0 Å². The number of rotatable bonds is 9. The first-order valence-corrected chi connectivity index (χ1v) is 9.77. The highest BCUT2D eigenvalue weighted by Gasteiger charge is 2.02. The minimum atomic E-state index is -0.0481. The number of unbranched alkanes of at least 4 members (excludes halogenated alkanes) is 2. The molecule has 0 atom stereocenters. The molecule has 0 saturated carbocycles. The van der Waals surface area contributed by atoms with Crippen LogP contribution in [0.2, 0.25) is 0 Å². The first-order valence-electron chi connectivity index (χ1n) is 9.77. The maximum absolute atomic E-state index is 11.7. The van der Waals surface area contributed by atoms with Gasteiger partial charge in [-0.2, -0.15) is 5.10 Å². The summed E-state index contributed by atoms with van der Waals surface area (Å²) in [5.74, 6) is 0.721. The second-order valence-corrected chi connectivity index (χ2v) is 6.75. The van der Waals surface area contributed by atoms with Crippen LogP contribution >= 0.6 is 0 Å². The van der Waals surface area contributed by atoms with Crippen LogP contribution in [0.1, 0.15) is 43.7 Å². The van der Waals surface area contributed by atoms with E-state index in [4.69, 9.17) is 4.74 Å². The number of carbonyl (C=O) groups excluding carboxylic acids is 1. The number of nitrogens with zero attached hydrogens (tertiary/aromatic N) is 1. The number of hydrogen-bond acceptors (Lipinski definition) is 3. The highest BCUT2D eigenvalue weighted by atomic mass is 16.5.